The number of nitrogen functional groups attached to an aromatic ring is 1. The summed E-state index contributed by atoms with van der Waals surface area (Å²) in [7, 11) is 0. The fraction of sp³-hybridized carbons (Fsp3) is 0.524. The molecule has 3 aromatic heterocycles. The number of hydrogen-bond donors (Lipinski definition) is 3. The average molecular weight is 428 g/mol. The van der Waals surface area contributed by atoms with Gasteiger partial charge in [0, 0.05) is 38.8 Å². The van der Waals surface area contributed by atoms with Crippen molar-refractivity contribution in [3.8, 4) is 0 Å². The largest absolute Gasteiger partial charge is 0.380 e. The molecule has 0 amide bonds. The number of aromatic nitrogens is 5. The highest BCUT2D eigenvalue weighted by Gasteiger charge is 2.17. The van der Waals surface area contributed by atoms with Gasteiger partial charge in [-0.05, 0) is 24.5 Å². The number of alkyl halides is 1. The Morgan fingerprint density at radius 2 is 2.06 bits per heavy atom. The molecule has 0 aromatic carbocycles. The summed E-state index contributed by atoms with van der Waals surface area (Å²) < 4.78 is 15.0. The zero-order chi connectivity index (χ0) is 21.8. The second-order valence-electron chi connectivity index (χ2n) is 7.99. The normalized spacial score (nSPS) is 15.4. The molecule has 1 aliphatic rings. The summed E-state index contributed by atoms with van der Waals surface area (Å²) in [6.45, 7) is 7.49. The Hall–Kier alpha value is -3.01. The average Bonchev–Trinajstić information content (AvgIpc) is 3.17. The topological polar surface area (TPSA) is 109 Å². The second kappa shape index (κ2) is 9.42. The summed E-state index contributed by atoms with van der Waals surface area (Å²) >= 11 is 0. The Morgan fingerprint density at radius 3 is 2.77 bits per heavy atom. The van der Waals surface area contributed by atoms with Crippen molar-refractivity contribution in [2.45, 2.75) is 39.2 Å². The number of imidazole rings is 1. The van der Waals surface area contributed by atoms with Gasteiger partial charge in [-0.25, -0.2) is 18.9 Å². The van der Waals surface area contributed by atoms with Crippen molar-refractivity contribution >= 4 is 23.2 Å². The van der Waals surface area contributed by atoms with Crippen molar-refractivity contribution < 1.29 is 4.39 Å². The number of fused-ring (bicyclic) bond motifs is 1. The predicted molar refractivity (Wildman–Crippen MR) is 120 cm³/mol. The van der Waals surface area contributed by atoms with Gasteiger partial charge in [0.15, 0.2) is 11.5 Å². The van der Waals surface area contributed by atoms with Gasteiger partial charge in [0.05, 0.1) is 17.9 Å². The third-order valence-corrected chi connectivity index (χ3v) is 5.52. The Bertz CT molecular complexity index is 1030. The van der Waals surface area contributed by atoms with Gasteiger partial charge in [-0.1, -0.05) is 19.4 Å². The van der Waals surface area contributed by atoms with Crippen molar-refractivity contribution in [3.05, 3.63) is 35.3 Å². The number of rotatable bonds is 8. The van der Waals surface area contributed by atoms with E-state index in [0.29, 0.717) is 24.4 Å². The molecule has 0 bridgehead atoms. The van der Waals surface area contributed by atoms with E-state index >= 15 is 0 Å². The number of halogens is 1. The lowest BCUT2D eigenvalue weighted by atomic mass is 10.1. The van der Waals surface area contributed by atoms with Gasteiger partial charge in [0.25, 0.3) is 0 Å². The SMILES string of the molecule is CCC[C@@H](CF)Nc1nc(N)c2ncc(Cc3cnc(N4CCNCC4)c(C)c3)n2n1. The molecule has 9 nitrogen and oxygen atoms in total. The predicted octanol–water partition coefficient (Wildman–Crippen LogP) is 1.96. The third kappa shape index (κ3) is 4.68. The zero-order valence-corrected chi connectivity index (χ0v) is 18.1. The number of anilines is 3. The third-order valence-electron chi connectivity index (χ3n) is 5.52. The van der Waals surface area contributed by atoms with Gasteiger partial charge >= 0.3 is 0 Å². The fourth-order valence-corrected chi connectivity index (χ4v) is 3.99. The number of nitrogens with zero attached hydrogens (tertiary/aromatic N) is 6. The van der Waals surface area contributed by atoms with Crippen LogP contribution in [0.1, 0.15) is 36.6 Å². The molecule has 1 atom stereocenters. The molecule has 0 saturated carbocycles. The van der Waals surface area contributed by atoms with Crippen molar-refractivity contribution in [1.29, 1.82) is 0 Å². The minimum absolute atomic E-state index is 0.265. The monoisotopic (exact) mass is 427 g/mol. The molecule has 1 saturated heterocycles. The number of pyridine rings is 1. The Kier molecular flexibility index (Phi) is 6.45. The summed E-state index contributed by atoms with van der Waals surface area (Å²) in [4.78, 5) is 15.7. The highest BCUT2D eigenvalue weighted by molar-refractivity contribution is 5.61. The molecule has 0 unspecified atom stereocenters. The smallest absolute Gasteiger partial charge is 0.243 e. The van der Waals surface area contributed by atoms with E-state index in [1.807, 2.05) is 13.1 Å². The number of piperazine rings is 1. The Morgan fingerprint density at radius 1 is 1.26 bits per heavy atom. The van der Waals surface area contributed by atoms with Crippen LogP contribution in [0.2, 0.25) is 0 Å². The van der Waals surface area contributed by atoms with E-state index in [1.54, 1.807) is 10.7 Å². The summed E-state index contributed by atoms with van der Waals surface area (Å²) in [6.07, 6.45) is 5.83. The van der Waals surface area contributed by atoms with E-state index in [9.17, 15) is 4.39 Å². The minimum Gasteiger partial charge on any atom is -0.380 e. The first-order valence-electron chi connectivity index (χ1n) is 10.8. The molecular weight excluding hydrogens is 397 g/mol. The van der Waals surface area contributed by atoms with Crippen molar-refractivity contribution in [2.24, 2.45) is 0 Å². The zero-order valence-electron chi connectivity index (χ0n) is 18.1. The highest BCUT2D eigenvalue weighted by atomic mass is 19.1. The van der Waals surface area contributed by atoms with Gasteiger partial charge in [-0.3, -0.25) is 0 Å². The van der Waals surface area contributed by atoms with Gasteiger partial charge in [0.2, 0.25) is 5.95 Å². The van der Waals surface area contributed by atoms with Crippen LogP contribution in [0.3, 0.4) is 0 Å². The van der Waals surface area contributed by atoms with Gasteiger partial charge < -0.3 is 21.3 Å². The summed E-state index contributed by atoms with van der Waals surface area (Å²) in [6, 6.07) is 1.83. The van der Waals surface area contributed by atoms with Crippen LogP contribution < -0.4 is 21.3 Å². The van der Waals surface area contributed by atoms with Gasteiger partial charge in [0.1, 0.15) is 12.5 Å². The van der Waals surface area contributed by atoms with Crippen LogP contribution >= 0.6 is 0 Å². The summed E-state index contributed by atoms with van der Waals surface area (Å²) in [5, 5.41) is 10.9. The van der Waals surface area contributed by atoms with E-state index < -0.39 is 6.67 Å². The molecule has 10 heteroatoms. The first-order chi connectivity index (χ1) is 15.1. The quantitative estimate of drug-likeness (QED) is 0.501. The molecule has 1 fully saturated rings. The van der Waals surface area contributed by atoms with E-state index in [-0.39, 0.29) is 11.9 Å². The van der Waals surface area contributed by atoms with Gasteiger partial charge in [-0.2, -0.15) is 4.98 Å². The minimum atomic E-state index is -0.490. The van der Waals surface area contributed by atoms with Crippen LogP contribution in [-0.4, -0.2) is 63.5 Å². The molecule has 4 rings (SSSR count). The lowest BCUT2D eigenvalue weighted by molar-refractivity contribution is 0.426. The highest BCUT2D eigenvalue weighted by Crippen LogP contribution is 2.21. The van der Waals surface area contributed by atoms with Crippen molar-refractivity contribution in [2.75, 3.05) is 48.8 Å². The van der Waals surface area contributed by atoms with Crippen LogP contribution in [0.4, 0.5) is 22.0 Å². The molecule has 31 heavy (non-hydrogen) atoms. The van der Waals surface area contributed by atoms with E-state index in [0.717, 1.165) is 55.2 Å². The molecule has 0 aliphatic carbocycles. The number of hydrogen-bond acceptors (Lipinski definition) is 8. The number of aryl methyl sites for hydroxylation is 1. The van der Waals surface area contributed by atoms with Crippen LogP contribution in [-0.2, 0) is 6.42 Å². The van der Waals surface area contributed by atoms with Gasteiger partial charge in [-0.15, -0.1) is 5.10 Å². The number of nitrogens with one attached hydrogen (secondary N) is 2. The van der Waals surface area contributed by atoms with Crippen molar-refractivity contribution in [1.82, 2.24) is 29.9 Å². The van der Waals surface area contributed by atoms with E-state index in [2.05, 4.69) is 43.6 Å². The van der Waals surface area contributed by atoms with Crippen LogP contribution in [0.15, 0.2) is 18.5 Å². The maximum Gasteiger partial charge on any atom is 0.243 e. The second-order valence-corrected chi connectivity index (χ2v) is 7.99. The summed E-state index contributed by atoms with van der Waals surface area (Å²) in [5.41, 5.74) is 9.67. The Labute approximate surface area is 181 Å². The standard InChI is InChI=1S/C21H30FN9/c1-3-4-16(11-22)27-21-28-18(23)20-26-13-17(31(20)29-21)10-15-9-14(2)19(25-12-15)30-7-5-24-6-8-30/h9,12-13,16,24H,3-8,10-11H2,1-2H3,(H3,23,27,28,29)/t16-/m0/s1. The first-order valence-corrected chi connectivity index (χ1v) is 10.8. The molecule has 3 aromatic rings. The maximum atomic E-state index is 13.3. The van der Waals surface area contributed by atoms with Crippen LogP contribution in [0, 0.1) is 6.92 Å². The first kappa shape index (κ1) is 21.2. The molecule has 0 spiro atoms. The van der Waals surface area contributed by atoms with Crippen molar-refractivity contribution in [3.63, 3.8) is 0 Å². The van der Waals surface area contributed by atoms with Crippen LogP contribution in [0.5, 0.6) is 0 Å². The molecule has 0 radical (unpaired) electrons. The van der Waals surface area contributed by atoms with E-state index in [1.165, 1.54) is 0 Å². The number of nitrogens with two attached hydrogens (primary N) is 1. The molecular formula is C21H30FN9. The lowest BCUT2D eigenvalue weighted by Gasteiger charge is -2.29. The molecule has 166 valence electrons. The lowest BCUT2D eigenvalue weighted by Crippen LogP contribution is -2.44. The summed E-state index contributed by atoms with van der Waals surface area (Å²) in [5.74, 6) is 1.61. The van der Waals surface area contributed by atoms with E-state index in [4.69, 9.17) is 10.7 Å². The Balaban J connectivity index is 1.57. The molecule has 4 heterocycles. The fourth-order valence-electron chi connectivity index (χ4n) is 3.99. The van der Waals surface area contributed by atoms with Crippen LogP contribution in [0.25, 0.3) is 5.65 Å². The maximum absolute atomic E-state index is 13.3. The molecule has 1 aliphatic heterocycles. The molecule has 4 N–H and O–H groups in total.